The van der Waals surface area contributed by atoms with Crippen molar-refractivity contribution in [3.8, 4) is 0 Å². The zero-order valence-corrected chi connectivity index (χ0v) is 13.3. The molecule has 0 spiro atoms. The van der Waals surface area contributed by atoms with Crippen LogP contribution in [0.3, 0.4) is 0 Å². The quantitative estimate of drug-likeness (QED) is 0.860. The molecule has 0 radical (unpaired) electrons. The molecule has 0 aromatic heterocycles. The summed E-state index contributed by atoms with van der Waals surface area (Å²) in [7, 11) is 0. The van der Waals surface area contributed by atoms with Gasteiger partial charge in [0.2, 0.25) is 0 Å². The number of carbonyl (C=O) groups excluding carboxylic acids is 1. The molecule has 2 aromatic carbocycles. The van der Waals surface area contributed by atoms with Gasteiger partial charge in [0, 0.05) is 22.2 Å². The number of rotatable bonds is 1. The van der Waals surface area contributed by atoms with Gasteiger partial charge < -0.3 is 10.0 Å². The summed E-state index contributed by atoms with van der Waals surface area (Å²) in [5, 5.41) is 10.9. The monoisotopic (exact) mass is 315 g/mol. The van der Waals surface area contributed by atoms with Crippen molar-refractivity contribution in [2.45, 2.75) is 32.4 Å². The van der Waals surface area contributed by atoms with Crippen molar-refractivity contribution in [3.05, 3.63) is 64.2 Å². The van der Waals surface area contributed by atoms with E-state index in [4.69, 9.17) is 11.6 Å². The first-order valence-corrected chi connectivity index (χ1v) is 7.73. The number of amides is 1. The molecule has 3 rings (SSSR count). The fourth-order valence-electron chi connectivity index (χ4n) is 2.99. The first kappa shape index (κ1) is 15.1. The van der Waals surface area contributed by atoms with Crippen LogP contribution >= 0.6 is 11.6 Å². The highest BCUT2D eigenvalue weighted by molar-refractivity contribution is 6.30. The van der Waals surface area contributed by atoms with E-state index in [1.165, 1.54) is 0 Å². The Morgan fingerprint density at radius 3 is 2.59 bits per heavy atom. The van der Waals surface area contributed by atoms with Crippen LogP contribution in [0.1, 0.15) is 40.9 Å². The smallest absolute Gasteiger partial charge is 0.258 e. The van der Waals surface area contributed by atoms with Gasteiger partial charge in [-0.05, 0) is 50.6 Å². The van der Waals surface area contributed by atoms with E-state index in [9.17, 15) is 9.90 Å². The Morgan fingerprint density at radius 1 is 1.23 bits per heavy atom. The predicted octanol–water partition coefficient (Wildman–Crippen LogP) is 4.12. The Morgan fingerprint density at radius 2 is 1.91 bits per heavy atom. The molecular formula is C18H18ClNO2. The minimum absolute atomic E-state index is 0.0617. The maximum atomic E-state index is 12.9. The van der Waals surface area contributed by atoms with Gasteiger partial charge in [-0.3, -0.25) is 4.79 Å². The van der Waals surface area contributed by atoms with Crippen molar-refractivity contribution in [2.75, 3.05) is 4.90 Å². The molecule has 4 heteroatoms. The van der Waals surface area contributed by atoms with Crippen molar-refractivity contribution in [2.24, 2.45) is 0 Å². The molecule has 0 aliphatic carbocycles. The SMILES string of the molecule is Cc1ccc2c(c1)C(O)CC(C)N2C(=O)c1ccc(Cl)cc1. The topological polar surface area (TPSA) is 40.5 Å². The van der Waals surface area contributed by atoms with Crippen LogP contribution in [-0.2, 0) is 0 Å². The van der Waals surface area contributed by atoms with Gasteiger partial charge in [0.1, 0.15) is 0 Å². The van der Waals surface area contributed by atoms with E-state index in [0.717, 1.165) is 16.8 Å². The summed E-state index contributed by atoms with van der Waals surface area (Å²) in [6, 6.07) is 12.7. The highest BCUT2D eigenvalue weighted by Crippen LogP contribution is 2.38. The number of aliphatic hydroxyl groups excluding tert-OH is 1. The Hall–Kier alpha value is -1.84. The van der Waals surface area contributed by atoms with Crippen LogP contribution < -0.4 is 4.90 Å². The molecule has 2 atom stereocenters. The average molecular weight is 316 g/mol. The highest BCUT2D eigenvalue weighted by Gasteiger charge is 2.33. The summed E-state index contributed by atoms with van der Waals surface area (Å²) < 4.78 is 0. The maximum absolute atomic E-state index is 12.9. The first-order valence-electron chi connectivity index (χ1n) is 7.35. The van der Waals surface area contributed by atoms with Crippen molar-refractivity contribution in [1.29, 1.82) is 0 Å². The second-order valence-electron chi connectivity index (χ2n) is 5.84. The molecule has 0 bridgehead atoms. The number of benzene rings is 2. The second kappa shape index (κ2) is 5.75. The lowest BCUT2D eigenvalue weighted by Crippen LogP contribution is -2.43. The summed E-state index contributed by atoms with van der Waals surface area (Å²) in [5.74, 6) is -0.0684. The lowest BCUT2D eigenvalue weighted by atomic mass is 9.92. The minimum Gasteiger partial charge on any atom is -0.388 e. The molecule has 2 aromatic rings. The van der Waals surface area contributed by atoms with Gasteiger partial charge in [0.15, 0.2) is 0 Å². The molecule has 114 valence electrons. The second-order valence-corrected chi connectivity index (χ2v) is 6.28. The van der Waals surface area contributed by atoms with Gasteiger partial charge in [-0.2, -0.15) is 0 Å². The highest BCUT2D eigenvalue weighted by atomic mass is 35.5. The van der Waals surface area contributed by atoms with E-state index < -0.39 is 6.10 Å². The van der Waals surface area contributed by atoms with E-state index in [1.807, 2.05) is 32.0 Å². The number of halogens is 1. The lowest BCUT2D eigenvalue weighted by Gasteiger charge is -2.38. The van der Waals surface area contributed by atoms with Gasteiger partial charge in [-0.1, -0.05) is 29.3 Å². The Balaban J connectivity index is 2.04. The van der Waals surface area contributed by atoms with E-state index >= 15 is 0 Å². The van der Waals surface area contributed by atoms with Crippen LogP contribution in [-0.4, -0.2) is 17.1 Å². The van der Waals surface area contributed by atoms with Gasteiger partial charge in [-0.15, -0.1) is 0 Å². The Bertz CT molecular complexity index is 712. The van der Waals surface area contributed by atoms with Crippen LogP contribution in [0.15, 0.2) is 42.5 Å². The number of hydrogen-bond acceptors (Lipinski definition) is 2. The molecular weight excluding hydrogens is 298 g/mol. The molecule has 1 aliphatic rings. The van der Waals surface area contributed by atoms with Gasteiger partial charge >= 0.3 is 0 Å². The van der Waals surface area contributed by atoms with Crippen LogP contribution in [0.2, 0.25) is 5.02 Å². The van der Waals surface area contributed by atoms with E-state index in [0.29, 0.717) is 17.0 Å². The Labute approximate surface area is 135 Å². The molecule has 1 amide bonds. The molecule has 1 N–H and O–H groups in total. The van der Waals surface area contributed by atoms with Crippen molar-refractivity contribution in [3.63, 3.8) is 0 Å². The van der Waals surface area contributed by atoms with Crippen molar-refractivity contribution < 1.29 is 9.90 Å². The van der Waals surface area contributed by atoms with Crippen LogP contribution in [0.4, 0.5) is 5.69 Å². The van der Waals surface area contributed by atoms with Gasteiger partial charge in [0.25, 0.3) is 5.91 Å². The number of nitrogens with zero attached hydrogens (tertiary/aromatic N) is 1. The Kier molecular flexibility index (Phi) is 3.94. The number of aliphatic hydroxyl groups is 1. The number of carbonyl (C=O) groups is 1. The summed E-state index contributed by atoms with van der Waals surface area (Å²) in [4.78, 5) is 14.6. The molecule has 2 unspecified atom stereocenters. The largest absolute Gasteiger partial charge is 0.388 e. The number of hydrogen-bond donors (Lipinski definition) is 1. The number of aryl methyl sites for hydroxylation is 1. The van der Waals surface area contributed by atoms with Crippen LogP contribution in [0.5, 0.6) is 0 Å². The molecule has 1 heterocycles. The number of fused-ring (bicyclic) bond motifs is 1. The van der Waals surface area contributed by atoms with Crippen LogP contribution in [0.25, 0.3) is 0 Å². The summed E-state index contributed by atoms with van der Waals surface area (Å²) in [6.45, 7) is 3.94. The fourth-order valence-corrected chi connectivity index (χ4v) is 3.12. The summed E-state index contributed by atoms with van der Waals surface area (Å²) in [6.07, 6.45) is 0.00893. The first-order chi connectivity index (χ1) is 10.5. The summed E-state index contributed by atoms with van der Waals surface area (Å²) >= 11 is 5.89. The third-order valence-corrected chi connectivity index (χ3v) is 4.37. The molecule has 0 saturated carbocycles. The van der Waals surface area contributed by atoms with Crippen LogP contribution in [0, 0.1) is 6.92 Å². The minimum atomic E-state index is -0.529. The van der Waals surface area contributed by atoms with Crippen molar-refractivity contribution >= 4 is 23.2 Å². The normalized spacial score (nSPS) is 20.6. The predicted molar refractivity (Wildman–Crippen MR) is 88.5 cm³/mol. The molecule has 1 aliphatic heterocycles. The van der Waals surface area contributed by atoms with Gasteiger partial charge in [0.05, 0.1) is 11.8 Å². The molecule has 3 nitrogen and oxygen atoms in total. The molecule has 0 fully saturated rings. The fraction of sp³-hybridized carbons (Fsp3) is 0.278. The maximum Gasteiger partial charge on any atom is 0.258 e. The van der Waals surface area contributed by atoms with E-state index in [2.05, 4.69) is 0 Å². The zero-order chi connectivity index (χ0) is 15.9. The zero-order valence-electron chi connectivity index (χ0n) is 12.6. The van der Waals surface area contributed by atoms with Crippen molar-refractivity contribution in [1.82, 2.24) is 0 Å². The number of anilines is 1. The summed E-state index contributed by atoms with van der Waals surface area (Å²) in [5.41, 5.74) is 3.28. The average Bonchev–Trinajstić information content (AvgIpc) is 2.48. The van der Waals surface area contributed by atoms with E-state index in [-0.39, 0.29) is 11.9 Å². The van der Waals surface area contributed by atoms with Gasteiger partial charge in [-0.25, -0.2) is 0 Å². The molecule has 0 saturated heterocycles. The standard InChI is InChI=1S/C18H18ClNO2/c1-11-3-8-16-15(9-11)17(21)10-12(2)20(16)18(22)13-4-6-14(19)7-5-13/h3-9,12,17,21H,10H2,1-2H3. The third-order valence-electron chi connectivity index (χ3n) is 4.12. The third kappa shape index (κ3) is 2.62. The lowest BCUT2D eigenvalue weighted by molar-refractivity contribution is 0.0949. The van der Waals surface area contributed by atoms with E-state index in [1.54, 1.807) is 29.2 Å². The molecule has 22 heavy (non-hydrogen) atoms.